The number of carboxylic acid groups (broad SMARTS) is 1. The van der Waals surface area contributed by atoms with Gasteiger partial charge in [0.1, 0.15) is 0 Å². The molecule has 1 heterocycles. The molecule has 0 aliphatic heterocycles. The Bertz CT molecular complexity index is 390. The second-order valence-corrected chi connectivity index (χ2v) is 4.22. The van der Waals surface area contributed by atoms with Crippen molar-refractivity contribution in [3.63, 3.8) is 0 Å². The van der Waals surface area contributed by atoms with Crippen molar-refractivity contribution in [3.05, 3.63) is 18.0 Å². The fourth-order valence-corrected chi connectivity index (χ4v) is 1.54. The Morgan fingerprint density at radius 3 is 2.93 bits per heavy atom. The van der Waals surface area contributed by atoms with Crippen LogP contribution in [0.3, 0.4) is 0 Å². The predicted molar refractivity (Wildman–Crippen MR) is 56.6 cm³/mol. The standard InChI is InChI=1S/C10H11NO3S/c1-15-7-4-8(14-6-2-3-6)9(10(12)13)11-5-7/h4-6H,2-3H2,1H3,(H,12,13). The summed E-state index contributed by atoms with van der Waals surface area (Å²) in [4.78, 5) is 15.7. The lowest BCUT2D eigenvalue weighted by molar-refractivity contribution is 0.0684. The number of carboxylic acids is 1. The van der Waals surface area contributed by atoms with Gasteiger partial charge >= 0.3 is 5.97 Å². The SMILES string of the molecule is CSc1cnc(C(=O)O)c(OC2CC2)c1. The highest BCUT2D eigenvalue weighted by atomic mass is 32.2. The summed E-state index contributed by atoms with van der Waals surface area (Å²) in [6, 6.07) is 1.74. The molecular weight excluding hydrogens is 214 g/mol. The van der Waals surface area contributed by atoms with E-state index in [1.54, 1.807) is 12.3 Å². The van der Waals surface area contributed by atoms with Gasteiger partial charge in [-0.1, -0.05) is 0 Å². The molecule has 1 aliphatic rings. The van der Waals surface area contributed by atoms with Gasteiger partial charge in [0.15, 0.2) is 11.4 Å². The summed E-state index contributed by atoms with van der Waals surface area (Å²) in [5.41, 5.74) is -0.000278. The number of hydrogen-bond acceptors (Lipinski definition) is 4. The van der Waals surface area contributed by atoms with Crippen molar-refractivity contribution >= 4 is 17.7 Å². The van der Waals surface area contributed by atoms with Crippen LogP contribution in [0, 0.1) is 0 Å². The molecule has 5 heteroatoms. The lowest BCUT2D eigenvalue weighted by atomic mass is 10.3. The quantitative estimate of drug-likeness (QED) is 0.794. The van der Waals surface area contributed by atoms with Gasteiger partial charge in [-0.25, -0.2) is 9.78 Å². The third-order valence-electron chi connectivity index (χ3n) is 2.08. The van der Waals surface area contributed by atoms with Crippen molar-refractivity contribution in [2.75, 3.05) is 6.26 Å². The molecule has 0 atom stereocenters. The highest BCUT2D eigenvalue weighted by Gasteiger charge is 2.26. The Morgan fingerprint density at radius 2 is 2.40 bits per heavy atom. The lowest BCUT2D eigenvalue weighted by Gasteiger charge is -2.08. The molecule has 0 radical (unpaired) electrons. The van der Waals surface area contributed by atoms with Crippen molar-refractivity contribution in [3.8, 4) is 5.75 Å². The average Bonchev–Trinajstić information content (AvgIpc) is 3.01. The highest BCUT2D eigenvalue weighted by molar-refractivity contribution is 7.98. The molecule has 0 saturated heterocycles. The van der Waals surface area contributed by atoms with Gasteiger partial charge < -0.3 is 9.84 Å². The summed E-state index contributed by atoms with van der Waals surface area (Å²) in [6.45, 7) is 0. The van der Waals surface area contributed by atoms with E-state index in [2.05, 4.69) is 4.98 Å². The molecule has 1 saturated carbocycles. The van der Waals surface area contributed by atoms with Gasteiger partial charge in [-0.2, -0.15) is 0 Å². The van der Waals surface area contributed by atoms with E-state index in [1.807, 2.05) is 6.26 Å². The first-order valence-corrected chi connectivity index (χ1v) is 5.87. The summed E-state index contributed by atoms with van der Waals surface area (Å²) < 4.78 is 5.50. The maximum Gasteiger partial charge on any atom is 0.358 e. The molecule has 1 aromatic heterocycles. The molecule has 1 aromatic rings. The fraction of sp³-hybridized carbons (Fsp3) is 0.400. The van der Waals surface area contributed by atoms with Crippen molar-refractivity contribution in [2.45, 2.75) is 23.8 Å². The van der Waals surface area contributed by atoms with Crippen LogP contribution in [-0.2, 0) is 0 Å². The van der Waals surface area contributed by atoms with E-state index in [0.29, 0.717) is 5.75 Å². The van der Waals surface area contributed by atoms with Gasteiger partial charge in [-0.3, -0.25) is 0 Å². The van der Waals surface area contributed by atoms with E-state index in [0.717, 1.165) is 17.7 Å². The largest absolute Gasteiger partial charge is 0.488 e. The van der Waals surface area contributed by atoms with E-state index < -0.39 is 5.97 Å². The molecule has 80 valence electrons. The molecule has 2 rings (SSSR count). The number of rotatable bonds is 4. The molecular formula is C10H11NO3S. The average molecular weight is 225 g/mol. The van der Waals surface area contributed by atoms with E-state index in [-0.39, 0.29) is 11.8 Å². The molecule has 1 aliphatic carbocycles. The minimum atomic E-state index is -1.04. The van der Waals surface area contributed by atoms with Gasteiger partial charge in [-0.05, 0) is 25.2 Å². The van der Waals surface area contributed by atoms with Crippen LogP contribution in [0.1, 0.15) is 23.3 Å². The van der Waals surface area contributed by atoms with E-state index in [4.69, 9.17) is 9.84 Å². The maximum atomic E-state index is 10.9. The number of hydrogen-bond donors (Lipinski definition) is 1. The lowest BCUT2D eigenvalue weighted by Crippen LogP contribution is -2.07. The molecule has 4 nitrogen and oxygen atoms in total. The third kappa shape index (κ3) is 2.41. The first kappa shape index (κ1) is 10.3. The van der Waals surface area contributed by atoms with Gasteiger partial charge in [0.25, 0.3) is 0 Å². The molecule has 0 spiro atoms. The Balaban J connectivity index is 2.30. The van der Waals surface area contributed by atoms with Gasteiger partial charge in [0, 0.05) is 11.1 Å². The molecule has 0 aromatic carbocycles. The minimum Gasteiger partial charge on any atom is -0.488 e. The van der Waals surface area contributed by atoms with Crippen molar-refractivity contribution in [2.24, 2.45) is 0 Å². The first-order valence-electron chi connectivity index (χ1n) is 4.64. The van der Waals surface area contributed by atoms with Crippen LogP contribution in [0.25, 0.3) is 0 Å². The van der Waals surface area contributed by atoms with Crippen LogP contribution >= 0.6 is 11.8 Å². The zero-order valence-corrected chi connectivity index (χ0v) is 9.08. The van der Waals surface area contributed by atoms with Crippen molar-refractivity contribution < 1.29 is 14.6 Å². The molecule has 0 amide bonds. The fourth-order valence-electron chi connectivity index (χ4n) is 1.15. The van der Waals surface area contributed by atoms with Crippen LogP contribution in [0.15, 0.2) is 17.2 Å². The summed E-state index contributed by atoms with van der Waals surface area (Å²) >= 11 is 1.52. The molecule has 15 heavy (non-hydrogen) atoms. The Kier molecular flexibility index (Phi) is 2.81. The number of pyridine rings is 1. The zero-order valence-electron chi connectivity index (χ0n) is 8.27. The Labute approximate surface area is 91.7 Å². The molecule has 0 unspecified atom stereocenters. The monoisotopic (exact) mass is 225 g/mol. The van der Waals surface area contributed by atoms with Crippen molar-refractivity contribution in [1.29, 1.82) is 0 Å². The first-order chi connectivity index (χ1) is 7.20. The second-order valence-electron chi connectivity index (χ2n) is 3.34. The summed E-state index contributed by atoms with van der Waals surface area (Å²) in [5, 5.41) is 8.91. The molecule has 1 fully saturated rings. The van der Waals surface area contributed by atoms with Gasteiger partial charge in [0.2, 0.25) is 0 Å². The normalized spacial score (nSPS) is 15.0. The van der Waals surface area contributed by atoms with Crippen LogP contribution in [-0.4, -0.2) is 28.4 Å². The molecule has 1 N–H and O–H groups in total. The number of nitrogens with zero attached hydrogens (tertiary/aromatic N) is 1. The maximum absolute atomic E-state index is 10.9. The van der Waals surface area contributed by atoms with E-state index >= 15 is 0 Å². The van der Waals surface area contributed by atoms with E-state index in [1.165, 1.54) is 11.8 Å². The zero-order chi connectivity index (χ0) is 10.8. The predicted octanol–water partition coefficient (Wildman–Crippen LogP) is 2.04. The number of aromatic carboxylic acids is 1. The van der Waals surface area contributed by atoms with Gasteiger partial charge in [-0.15, -0.1) is 11.8 Å². The third-order valence-corrected chi connectivity index (χ3v) is 2.78. The summed E-state index contributed by atoms with van der Waals surface area (Å²) in [7, 11) is 0. The van der Waals surface area contributed by atoms with Gasteiger partial charge in [0.05, 0.1) is 6.10 Å². The van der Waals surface area contributed by atoms with Crippen LogP contribution in [0.2, 0.25) is 0 Å². The smallest absolute Gasteiger partial charge is 0.358 e. The van der Waals surface area contributed by atoms with E-state index in [9.17, 15) is 4.79 Å². The number of aromatic nitrogens is 1. The van der Waals surface area contributed by atoms with Crippen LogP contribution in [0.4, 0.5) is 0 Å². The number of ether oxygens (including phenoxy) is 1. The Morgan fingerprint density at radius 1 is 1.67 bits per heavy atom. The topological polar surface area (TPSA) is 59.4 Å². The second kappa shape index (κ2) is 4.10. The number of thioether (sulfide) groups is 1. The number of carbonyl (C=O) groups is 1. The molecule has 0 bridgehead atoms. The highest BCUT2D eigenvalue weighted by Crippen LogP contribution is 2.30. The minimum absolute atomic E-state index is 0.000278. The Hall–Kier alpha value is -1.23. The summed E-state index contributed by atoms with van der Waals surface area (Å²) in [6.07, 6.45) is 5.65. The van der Waals surface area contributed by atoms with Crippen LogP contribution in [0.5, 0.6) is 5.75 Å². The van der Waals surface area contributed by atoms with Crippen LogP contribution < -0.4 is 4.74 Å². The summed E-state index contributed by atoms with van der Waals surface area (Å²) in [5.74, 6) is -0.657. The van der Waals surface area contributed by atoms with Crippen molar-refractivity contribution in [1.82, 2.24) is 4.98 Å².